The lowest BCUT2D eigenvalue weighted by Crippen LogP contribution is -2.49. The molecule has 1 saturated heterocycles. The maximum atomic E-state index is 12.2. The highest BCUT2D eigenvalue weighted by atomic mass is 16.2. The Morgan fingerprint density at radius 2 is 2.00 bits per heavy atom. The van der Waals surface area contributed by atoms with Gasteiger partial charge in [-0.2, -0.15) is 0 Å². The number of rotatable bonds is 3. The molecule has 0 spiro atoms. The Hall–Kier alpha value is -1.62. The molecule has 1 aliphatic carbocycles. The van der Waals surface area contributed by atoms with Crippen LogP contribution in [-0.2, 0) is 11.2 Å². The maximum absolute atomic E-state index is 12.2. The number of piperazine rings is 1. The van der Waals surface area contributed by atoms with Gasteiger partial charge in [-0.25, -0.2) is 0 Å². The number of nitrogen functional groups attached to an aromatic ring is 1. The minimum absolute atomic E-state index is 0.174. The van der Waals surface area contributed by atoms with Crippen LogP contribution in [0, 0.1) is 0 Å². The van der Waals surface area contributed by atoms with Gasteiger partial charge in [0.15, 0.2) is 0 Å². The van der Waals surface area contributed by atoms with Crippen molar-refractivity contribution in [1.82, 2.24) is 14.8 Å². The largest absolute Gasteiger partial charge is 0.397 e. The first-order valence-electron chi connectivity index (χ1n) is 6.94. The Labute approximate surface area is 113 Å². The molecule has 2 aliphatic rings. The lowest BCUT2D eigenvalue weighted by Gasteiger charge is -2.34. The highest BCUT2D eigenvalue weighted by Crippen LogP contribution is 2.27. The third kappa shape index (κ3) is 3.04. The first-order chi connectivity index (χ1) is 9.22. The molecule has 1 aromatic heterocycles. The quantitative estimate of drug-likeness (QED) is 0.860. The summed E-state index contributed by atoms with van der Waals surface area (Å²) >= 11 is 0. The number of pyridine rings is 1. The van der Waals surface area contributed by atoms with Crippen LogP contribution < -0.4 is 5.73 Å². The molecule has 2 fully saturated rings. The van der Waals surface area contributed by atoms with E-state index in [-0.39, 0.29) is 5.91 Å². The highest BCUT2D eigenvalue weighted by molar-refractivity contribution is 5.78. The average molecular weight is 260 g/mol. The number of amides is 1. The predicted octanol–water partition coefficient (Wildman–Crippen LogP) is 0.513. The summed E-state index contributed by atoms with van der Waals surface area (Å²) in [7, 11) is 0. The van der Waals surface area contributed by atoms with Crippen molar-refractivity contribution < 1.29 is 4.79 Å². The number of carbonyl (C=O) groups excluding carboxylic acids is 1. The molecule has 1 aromatic rings. The maximum Gasteiger partial charge on any atom is 0.228 e. The molecule has 19 heavy (non-hydrogen) atoms. The van der Waals surface area contributed by atoms with E-state index in [2.05, 4.69) is 9.88 Å². The number of hydrogen-bond donors (Lipinski definition) is 1. The summed E-state index contributed by atoms with van der Waals surface area (Å²) < 4.78 is 0. The fourth-order valence-electron chi connectivity index (χ4n) is 2.58. The van der Waals surface area contributed by atoms with Gasteiger partial charge < -0.3 is 10.6 Å². The monoisotopic (exact) mass is 260 g/mol. The van der Waals surface area contributed by atoms with Crippen molar-refractivity contribution in [2.45, 2.75) is 25.3 Å². The zero-order valence-corrected chi connectivity index (χ0v) is 11.1. The summed E-state index contributed by atoms with van der Waals surface area (Å²) in [6.07, 6.45) is 4.66. The van der Waals surface area contributed by atoms with E-state index >= 15 is 0 Å². The van der Waals surface area contributed by atoms with Crippen molar-refractivity contribution in [2.75, 3.05) is 31.9 Å². The van der Waals surface area contributed by atoms with Gasteiger partial charge in [0.2, 0.25) is 5.91 Å². The molecule has 1 aliphatic heterocycles. The summed E-state index contributed by atoms with van der Waals surface area (Å²) in [5, 5.41) is 0. The van der Waals surface area contributed by atoms with Crippen molar-refractivity contribution in [3.63, 3.8) is 0 Å². The molecule has 3 rings (SSSR count). The average Bonchev–Trinajstić information content (AvgIpc) is 3.26. The predicted molar refractivity (Wildman–Crippen MR) is 73.5 cm³/mol. The van der Waals surface area contributed by atoms with Crippen molar-refractivity contribution in [3.8, 4) is 0 Å². The van der Waals surface area contributed by atoms with Gasteiger partial charge >= 0.3 is 0 Å². The molecule has 0 bridgehead atoms. The first kappa shape index (κ1) is 12.4. The molecular formula is C14H20N4O. The second-order valence-electron chi connectivity index (χ2n) is 5.41. The summed E-state index contributed by atoms with van der Waals surface area (Å²) in [5.74, 6) is 0.174. The number of hydrogen-bond acceptors (Lipinski definition) is 4. The number of nitrogens with two attached hydrogens (primary N) is 1. The van der Waals surface area contributed by atoms with E-state index in [1.807, 2.05) is 11.0 Å². The molecule has 0 radical (unpaired) electrons. The minimum Gasteiger partial charge on any atom is -0.397 e. The molecule has 5 heteroatoms. The number of anilines is 1. The van der Waals surface area contributed by atoms with Gasteiger partial charge in [0.05, 0.1) is 18.3 Å². The van der Waals surface area contributed by atoms with E-state index in [1.54, 1.807) is 12.3 Å². The zero-order valence-electron chi connectivity index (χ0n) is 11.1. The zero-order chi connectivity index (χ0) is 13.2. The van der Waals surface area contributed by atoms with E-state index in [1.165, 1.54) is 12.8 Å². The lowest BCUT2D eigenvalue weighted by molar-refractivity contribution is -0.132. The topological polar surface area (TPSA) is 62.5 Å². The molecule has 1 amide bonds. The Balaban J connectivity index is 1.51. The van der Waals surface area contributed by atoms with Gasteiger partial charge in [0.25, 0.3) is 0 Å². The smallest absolute Gasteiger partial charge is 0.228 e. The van der Waals surface area contributed by atoms with E-state index in [0.717, 1.165) is 37.9 Å². The van der Waals surface area contributed by atoms with Crippen LogP contribution in [0.25, 0.3) is 0 Å². The number of carbonyl (C=O) groups is 1. The van der Waals surface area contributed by atoms with Crippen molar-refractivity contribution in [2.24, 2.45) is 0 Å². The lowest BCUT2D eigenvalue weighted by atomic mass is 10.2. The summed E-state index contributed by atoms with van der Waals surface area (Å²) in [6, 6.07) is 4.42. The highest BCUT2D eigenvalue weighted by Gasteiger charge is 2.32. The van der Waals surface area contributed by atoms with Crippen LogP contribution in [0.2, 0.25) is 0 Å². The molecule has 0 aromatic carbocycles. The van der Waals surface area contributed by atoms with Gasteiger partial charge in [-0.3, -0.25) is 14.7 Å². The first-order valence-corrected chi connectivity index (χ1v) is 6.94. The molecule has 0 unspecified atom stereocenters. The van der Waals surface area contributed by atoms with Gasteiger partial charge in [0, 0.05) is 37.9 Å². The van der Waals surface area contributed by atoms with E-state index in [9.17, 15) is 4.79 Å². The van der Waals surface area contributed by atoms with E-state index < -0.39 is 0 Å². The second kappa shape index (κ2) is 5.17. The summed E-state index contributed by atoms with van der Waals surface area (Å²) in [6.45, 7) is 3.74. The fraction of sp³-hybridized carbons (Fsp3) is 0.571. The Morgan fingerprint density at radius 1 is 1.26 bits per heavy atom. The fourth-order valence-corrected chi connectivity index (χ4v) is 2.58. The standard InChI is InChI=1S/C14H20N4O/c15-11-1-2-12(16-10-11)9-14(19)18-7-5-17(6-8-18)13-3-4-13/h1-2,10,13H,3-9,15H2. The molecule has 1 saturated carbocycles. The van der Waals surface area contributed by atoms with Crippen LogP contribution in [-0.4, -0.2) is 52.9 Å². The molecule has 2 heterocycles. The van der Waals surface area contributed by atoms with E-state index in [0.29, 0.717) is 12.1 Å². The van der Waals surface area contributed by atoms with Crippen molar-refractivity contribution in [1.29, 1.82) is 0 Å². The van der Waals surface area contributed by atoms with Crippen LogP contribution >= 0.6 is 0 Å². The third-order valence-electron chi connectivity index (χ3n) is 3.91. The van der Waals surface area contributed by atoms with Crippen LogP contribution in [0.4, 0.5) is 5.69 Å². The Kier molecular flexibility index (Phi) is 3.38. The van der Waals surface area contributed by atoms with Gasteiger partial charge in [-0.05, 0) is 25.0 Å². The van der Waals surface area contributed by atoms with Crippen LogP contribution in [0.5, 0.6) is 0 Å². The van der Waals surface area contributed by atoms with Crippen LogP contribution in [0.15, 0.2) is 18.3 Å². The number of aromatic nitrogens is 1. The molecule has 5 nitrogen and oxygen atoms in total. The summed E-state index contributed by atoms with van der Waals surface area (Å²) in [4.78, 5) is 20.8. The molecule has 0 atom stereocenters. The van der Waals surface area contributed by atoms with Gasteiger partial charge in [-0.1, -0.05) is 0 Å². The number of nitrogens with zero attached hydrogens (tertiary/aromatic N) is 3. The van der Waals surface area contributed by atoms with Crippen LogP contribution in [0.3, 0.4) is 0 Å². The summed E-state index contributed by atoms with van der Waals surface area (Å²) in [5.41, 5.74) is 7.02. The molecule has 102 valence electrons. The molecular weight excluding hydrogens is 240 g/mol. The molecule has 2 N–H and O–H groups in total. The van der Waals surface area contributed by atoms with Crippen molar-refractivity contribution in [3.05, 3.63) is 24.0 Å². The normalized spacial score (nSPS) is 20.5. The Morgan fingerprint density at radius 3 is 2.58 bits per heavy atom. The third-order valence-corrected chi connectivity index (χ3v) is 3.91. The second-order valence-corrected chi connectivity index (χ2v) is 5.41. The SMILES string of the molecule is Nc1ccc(CC(=O)N2CCN(C3CC3)CC2)nc1. The Bertz CT molecular complexity index is 447. The van der Waals surface area contributed by atoms with Crippen LogP contribution in [0.1, 0.15) is 18.5 Å². The van der Waals surface area contributed by atoms with Gasteiger partial charge in [0.1, 0.15) is 0 Å². The van der Waals surface area contributed by atoms with Crippen molar-refractivity contribution >= 4 is 11.6 Å². The van der Waals surface area contributed by atoms with Gasteiger partial charge in [-0.15, -0.1) is 0 Å². The minimum atomic E-state index is 0.174. The van der Waals surface area contributed by atoms with E-state index in [4.69, 9.17) is 5.73 Å².